The first-order valence-corrected chi connectivity index (χ1v) is 13.5. The molecule has 4 aliphatic rings. The lowest BCUT2D eigenvalue weighted by Gasteiger charge is -2.59. The molecule has 182 valence electrons. The zero-order valence-electron chi connectivity index (χ0n) is 21.5. The minimum atomic E-state index is -1.13. The van der Waals surface area contributed by atoms with Crippen LogP contribution in [0.15, 0.2) is 11.6 Å². The Kier molecular flexibility index (Phi) is 6.51. The number of fused-ring (bicyclic) bond motifs is 5. The molecule has 0 heterocycles. The van der Waals surface area contributed by atoms with Crippen molar-refractivity contribution in [2.24, 2.45) is 46.3 Å². The van der Waals surface area contributed by atoms with Crippen LogP contribution >= 0.6 is 0 Å². The summed E-state index contributed by atoms with van der Waals surface area (Å²) >= 11 is 0. The van der Waals surface area contributed by atoms with E-state index < -0.39 is 5.60 Å². The first kappa shape index (κ1) is 24.5. The van der Waals surface area contributed by atoms with Crippen LogP contribution in [-0.2, 0) is 4.79 Å². The number of rotatable bonds is 6. The molecule has 0 aliphatic heterocycles. The van der Waals surface area contributed by atoms with Crippen LogP contribution in [0.5, 0.6) is 0 Å². The summed E-state index contributed by atoms with van der Waals surface area (Å²) in [5, 5.41) is 21.2. The number of carbonyl (C=O) groups excluding carboxylic acids is 1. The molecular formula is C29H48O3. The Morgan fingerprint density at radius 2 is 1.78 bits per heavy atom. The SMILES string of the molecule is CC(=O)[C@]1(O)CC[C@@]2(C)C(=CC[C@H]3[C@@H]4CC[C@H]([C@H](C)CCC(O)C(C)C)[C@@]4(C)CC[C@@H]32)C1. The van der Waals surface area contributed by atoms with Crippen LogP contribution < -0.4 is 0 Å². The van der Waals surface area contributed by atoms with Crippen LogP contribution in [0.2, 0.25) is 0 Å². The Balaban J connectivity index is 1.50. The summed E-state index contributed by atoms with van der Waals surface area (Å²) in [6, 6.07) is 0. The number of carbonyl (C=O) groups is 1. The highest BCUT2D eigenvalue weighted by molar-refractivity contribution is 5.85. The van der Waals surface area contributed by atoms with Crippen LogP contribution in [0.4, 0.5) is 0 Å². The van der Waals surface area contributed by atoms with Gasteiger partial charge in [0.25, 0.3) is 0 Å². The van der Waals surface area contributed by atoms with Crippen molar-refractivity contribution in [1.82, 2.24) is 0 Å². The van der Waals surface area contributed by atoms with Crippen molar-refractivity contribution in [1.29, 1.82) is 0 Å². The largest absolute Gasteiger partial charge is 0.393 e. The fraction of sp³-hybridized carbons (Fsp3) is 0.897. The number of ketones is 1. The predicted molar refractivity (Wildman–Crippen MR) is 130 cm³/mol. The van der Waals surface area contributed by atoms with Gasteiger partial charge in [0, 0.05) is 6.42 Å². The summed E-state index contributed by atoms with van der Waals surface area (Å²) in [5.41, 5.74) is 0.837. The Morgan fingerprint density at radius 3 is 2.44 bits per heavy atom. The van der Waals surface area contributed by atoms with Crippen molar-refractivity contribution in [3.63, 3.8) is 0 Å². The summed E-state index contributed by atoms with van der Waals surface area (Å²) < 4.78 is 0. The molecule has 2 N–H and O–H groups in total. The third kappa shape index (κ3) is 3.84. The van der Waals surface area contributed by atoms with Gasteiger partial charge < -0.3 is 10.2 Å². The Hall–Kier alpha value is -0.670. The molecule has 0 aromatic rings. The van der Waals surface area contributed by atoms with E-state index in [9.17, 15) is 15.0 Å². The minimum Gasteiger partial charge on any atom is -0.393 e. The van der Waals surface area contributed by atoms with Gasteiger partial charge >= 0.3 is 0 Å². The maximum atomic E-state index is 12.1. The normalized spacial score (nSPS) is 45.5. The quantitative estimate of drug-likeness (QED) is 0.471. The second-order valence-electron chi connectivity index (χ2n) is 13.1. The van der Waals surface area contributed by atoms with Gasteiger partial charge in [-0.3, -0.25) is 4.79 Å². The van der Waals surface area contributed by atoms with Crippen molar-refractivity contribution in [3.05, 3.63) is 11.6 Å². The van der Waals surface area contributed by atoms with E-state index in [-0.39, 0.29) is 17.3 Å². The van der Waals surface area contributed by atoms with E-state index in [0.717, 1.165) is 43.4 Å². The minimum absolute atomic E-state index is 0.0611. The van der Waals surface area contributed by atoms with Crippen molar-refractivity contribution < 1.29 is 15.0 Å². The topological polar surface area (TPSA) is 57.5 Å². The van der Waals surface area contributed by atoms with E-state index >= 15 is 0 Å². The second kappa shape index (κ2) is 8.52. The van der Waals surface area contributed by atoms with Gasteiger partial charge in [-0.1, -0.05) is 46.3 Å². The highest BCUT2D eigenvalue weighted by Gasteiger charge is 2.60. The Morgan fingerprint density at radius 1 is 1.06 bits per heavy atom. The third-order valence-corrected chi connectivity index (χ3v) is 11.3. The molecule has 0 spiro atoms. The van der Waals surface area contributed by atoms with Gasteiger partial charge in [-0.15, -0.1) is 0 Å². The van der Waals surface area contributed by atoms with E-state index in [1.165, 1.54) is 31.3 Å². The van der Waals surface area contributed by atoms with E-state index in [4.69, 9.17) is 0 Å². The van der Waals surface area contributed by atoms with Crippen LogP contribution in [0.3, 0.4) is 0 Å². The van der Waals surface area contributed by atoms with E-state index in [1.54, 1.807) is 6.92 Å². The summed E-state index contributed by atoms with van der Waals surface area (Å²) in [6.07, 6.45) is 12.9. The average Bonchev–Trinajstić information content (AvgIpc) is 3.09. The Bertz CT molecular complexity index is 756. The highest BCUT2D eigenvalue weighted by atomic mass is 16.3. The molecular weight excluding hydrogens is 396 g/mol. The van der Waals surface area contributed by atoms with Crippen molar-refractivity contribution in [2.75, 3.05) is 0 Å². The third-order valence-electron chi connectivity index (χ3n) is 11.3. The summed E-state index contributed by atoms with van der Waals surface area (Å²) in [4.78, 5) is 12.1. The first-order chi connectivity index (χ1) is 14.9. The maximum absolute atomic E-state index is 12.1. The summed E-state index contributed by atoms with van der Waals surface area (Å²) in [7, 11) is 0. The number of aliphatic hydroxyl groups is 2. The molecule has 3 fully saturated rings. The van der Waals surface area contributed by atoms with Crippen molar-refractivity contribution in [2.45, 2.75) is 117 Å². The molecule has 1 unspecified atom stereocenters. The summed E-state index contributed by atoms with van der Waals surface area (Å²) in [6.45, 7) is 13.3. The fourth-order valence-corrected chi connectivity index (χ4v) is 8.89. The number of hydrogen-bond acceptors (Lipinski definition) is 3. The van der Waals surface area contributed by atoms with Crippen molar-refractivity contribution >= 4 is 5.78 Å². The van der Waals surface area contributed by atoms with E-state index in [1.807, 2.05) is 0 Å². The molecule has 3 heteroatoms. The first-order valence-electron chi connectivity index (χ1n) is 13.5. The molecule has 4 aliphatic carbocycles. The standard InChI is InChI=1S/C29H48O3/c1-18(2)26(31)12-7-19(3)23-10-11-24-22-9-8-21-17-29(32,20(4)30)16-15-27(21,5)25(22)13-14-28(23,24)6/h8,18-19,22-26,31-32H,7,9-17H2,1-6H3/t19-,22+,23-,24+,25+,26?,27+,28-,29+/m1/s1. The molecule has 0 aromatic heterocycles. The van der Waals surface area contributed by atoms with Gasteiger partial charge in [-0.05, 0) is 111 Å². The number of hydrogen-bond donors (Lipinski definition) is 2. The van der Waals surface area contributed by atoms with Crippen molar-refractivity contribution in [3.8, 4) is 0 Å². The van der Waals surface area contributed by atoms with Gasteiger partial charge in [-0.2, -0.15) is 0 Å². The number of aliphatic hydroxyl groups excluding tert-OH is 1. The predicted octanol–water partition coefficient (Wildman–Crippen LogP) is 6.32. The lowest BCUT2D eigenvalue weighted by Crippen LogP contribution is -2.53. The average molecular weight is 445 g/mol. The fourth-order valence-electron chi connectivity index (χ4n) is 8.89. The smallest absolute Gasteiger partial charge is 0.161 e. The highest BCUT2D eigenvalue weighted by Crippen LogP contribution is 2.67. The molecule has 3 saturated carbocycles. The molecule has 32 heavy (non-hydrogen) atoms. The van der Waals surface area contributed by atoms with Crippen LogP contribution in [-0.4, -0.2) is 27.7 Å². The van der Waals surface area contributed by atoms with Gasteiger partial charge in [0.05, 0.1) is 6.10 Å². The van der Waals surface area contributed by atoms with Gasteiger partial charge in [-0.25, -0.2) is 0 Å². The zero-order chi connectivity index (χ0) is 23.5. The molecule has 0 radical (unpaired) electrons. The molecule has 0 bridgehead atoms. The molecule has 3 nitrogen and oxygen atoms in total. The van der Waals surface area contributed by atoms with E-state index in [2.05, 4.69) is 40.7 Å². The van der Waals surface area contributed by atoms with Crippen LogP contribution in [0.1, 0.15) is 106 Å². The zero-order valence-corrected chi connectivity index (χ0v) is 21.5. The maximum Gasteiger partial charge on any atom is 0.161 e. The molecule has 0 saturated heterocycles. The van der Waals surface area contributed by atoms with Crippen LogP contribution in [0.25, 0.3) is 0 Å². The lowest BCUT2D eigenvalue weighted by atomic mass is 9.46. The number of allylic oxidation sites excluding steroid dienone is 1. The molecule has 9 atom stereocenters. The Labute approximate surface area is 196 Å². The van der Waals surface area contributed by atoms with Gasteiger partial charge in [0.1, 0.15) is 5.60 Å². The lowest BCUT2D eigenvalue weighted by molar-refractivity contribution is -0.140. The van der Waals surface area contributed by atoms with Gasteiger partial charge in [0.15, 0.2) is 5.78 Å². The second-order valence-corrected chi connectivity index (χ2v) is 13.1. The van der Waals surface area contributed by atoms with E-state index in [0.29, 0.717) is 36.0 Å². The molecule has 4 rings (SSSR count). The molecule has 0 amide bonds. The molecule has 0 aromatic carbocycles. The summed E-state index contributed by atoms with van der Waals surface area (Å²) in [5.74, 6) is 4.00. The van der Waals surface area contributed by atoms with Gasteiger partial charge in [0.2, 0.25) is 0 Å². The van der Waals surface area contributed by atoms with Crippen LogP contribution in [0, 0.1) is 46.3 Å². The number of Topliss-reactive ketones (excluding diaryl/α,β-unsaturated/α-hetero) is 1. The monoisotopic (exact) mass is 444 g/mol.